The number of aliphatic hydroxyl groups excluding tert-OH is 1. The fourth-order valence-corrected chi connectivity index (χ4v) is 1.97. The minimum absolute atomic E-state index is 0.215. The molecule has 0 fully saturated rings. The zero-order valence-electron chi connectivity index (χ0n) is 8.78. The van der Waals surface area contributed by atoms with Crippen LogP contribution in [-0.2, 0) is 6.42 Å². The molecule has 0 saturated heterocycles. The third-order valence-corrected chi connectivity index (χ3v) is 2.78. The smallest absolute Gasteiger partial charge is 0.144 e. The van der Waals surface area contributed by atoms with Crippen molar-refractivity contribution in [2.24, 2.45) is 0 Å². The van der Waals surface area contributed by atoms with E-state index >= 15 is 0 Å². The van der Waals surface area contributed by atoms with Crippen molar-refractivity contribution < 1.29 is 9.50 Å². The second kappa shape index (κ2) is 4.46. The van der Waals surface area contributed by atoms with Crippen LogP contribution < -0.4 is 0 Å². The van der Waals surface area contributed by atoms with E-state index in [2.05, 4.69) is 0 Å². The first-order chi connectivity index (χ1) is 7.69. The summed E-state index contributed by atoms with van der Waals surface area (Å²) >= 11 is 0. The van der Waals surface area contributed by atoms with Gasteiger partial charge in [-0.25, -0.2) is 4.39 Å². The molecule has 2 nitrogen and oxygen atoms in total. The number of nitriles is 1. The van der Waals surface area contributed by atoms with Crippen molar-refractivity contribution in [2.75, 3.05) is 0 Å². The van der Waals surface area contributed by atoms with Crippen LogP contribution in [0.5, 0.6) is 0 Å². The van der Waals surface area contributed by atoms with Crippen LogP contribution in [0.15, 0.2) is 23.8 Å². The van der Waals surface area contributed by atoms with E-state index in [1.165, 1.54) is 6.07 Å². The van der Waals surface area contributed by atoms with Gasteiger partial charge in [-0.05, 0) is 36.1 Å². The van der Waals surface area contributed by atoms with Gasteiger partial charge in [-0.1, -0.05) is 17.7 Å². The van der Waals surface area contributed by atoms with Crippen molar-refractivity contribution in [3.63, 3.8) is 0 Å². The largest absolute Gasteiger partial charge is 0.378 e. The molecule has 0 amide bonds. The molecule has 1 N–H and O–H groups in total. The van der Waals surface area contributed by atoms with Crippen molar-refractivity contribution in [1.82, 2.24) is 0 Å². The van der Waals surface area contributed by atoms with Crippen LogP contribution in [0.1, 0.15) is 24.0 Å². The molecule has 1 unspecified atom stereocenters. The SMILES string of the molecule is N#CC(O)CC1=Cc2ccc(F)cc2CC1. The van der Waals surface area contributed by atoms with E-state index in [0.717, 1.165) is 29.5 Å². The Morgan fingerprint density at radius 3 is 3.00 bits per heavy atom. The molecule has 0 radical (unpaired) electrons. The normalized spacial score (nSPS) is 15.9. The molecule has 16 heavy (non-hydrogen) atoms. The van der Waals surface area contributed by atoms with Crippen molar-refractivity contribution >= 4 is 6.08 Å². The summed E-state index contributed by atoms with van der Waals surface area (Å²) in [4.78, 5) is 0. The third-order valence-electron chi connectivity index (χ3n) is 2.78. The standard InChI is InChI=1S/C13H12FNO/c14-12-4-3-10-5-9(6-13(16)8-15)1-2-11(10)7-12/h3-5,7,13,16H,1-2,6H2. The summed E-state index contributed by atoms with van der Waals surface area (Å²) in [6.45, 7) is 0. The van der Waals surface area contributed by atoms with Crippen LogP contribution in [0.3, 0.4) is 0 Å². The topological polar surface area (TPSA) is 44.0 Å². The van der Waals surface area contributed by atoms with Crippen LogP contribution in [0.4, 0.5) is 4.39 Å². The van der Waals surface area contributed by atoms with E-state index in [9.17, 15) is 9.50 Å². The highest BCUT2D eigenvalue weighted by Gasteiger charge is 2.13. The highest BCUT2D eigenvalue weighted by molar-refractivity contribution is 5.59. The van der Waals surface area contributed by atoms with Gasteiger partial charge in [0.05, 0.1) is 6.07 Å². The van der Waals surface area contributed by atoms with Crippen molar-refractivity contribution in [3.05, 3.63) is 40.7 Å². The van der Waals surface area contributed by atoms with Crippen LogP contribution in [-0.4, -0.2) is 11.2 Å². The lowest BCUT2D eigenvalue weighted by Crippen LogP contribution is -2.07. The Balaban J connectivity index is 2.22. The molecule has 2 rings (SSSR count). The summed E-state index contributed by atoms with van der Waals surface area (Å²) < 4.78 is 13.0. The Bertz CT molecular complexity index is 473. The van der Waals surface area contributed by atoms with E-state index in [-0.39, 0.29) is 5.82 Å². The predicted molar refractivity (Wildman–Crippen MR) is 58.9 cm³/mol. The second-order valence-electron chi connectivity index (χ2n) is 3.99. The van der Waals surface area contributed by atoms with E-state index in [1.54, 1.807) is 18.2 Å². The molecule has 3 heteroatoms. The van der Waals surface area contributed by atoms with Gasteiger partial charge in [0.15, 0.2) is 0 Å². The van der Waals surface area contributed by atoms with Crippen LogP contribution in [0, 0.1) is 17.1 Å². The van der Waals surface area contributed by atoms with Crippen molar-refractivity contribution in [1.29, 1.82) is 5.26 Å². The number of fused-ring (bicyclic) bond motifs is 1. The van der Waals surface area contributed by atoms with Gasteiger partial charge in [0.1, 0.15) is 11.9 Å². The number of aliphatic hydroxyl groups is 1. The Hall–Kier alpha value is -1.66. The maximum atomic E-state index is 13.0. The number of benzene rings is 1. The number of hydrogen-bond acceptors (Lipinski definition) is 2. The van der Waals surface area contributed by atoms with Crippen LogP contribution in [0.25, 0.3) is 6.08 Å². The first kappa shape index (κ1) is 10.8. The molecule has 0 spiro atoms. The molecule has 1 aromatic carbocycles. The number of halogens is 1. The lowest BCUT2D eigenvalue weighted by atomic mass is 9.90. The molecule has 1 aromatic rings. The minimum atomic E-state index is -0.937. The molecule has 1 aliphatic carbocycles. The third kappa shape index (κ3) is 2.29. The van der Waals surface area contributed by atoms with Crippen LogP contribution in [0.2, 0.25) is 0 Å². The van der Waals surface area contributed by atoms with Crippen LogP contribution >= 0.6 is 0 Å². The lowest BCUT2D eigenvalue weighted by Gasteiger charge is -2.16. The number of rotatable bonds is 2. The van der Waals surface area contributed by atoms with E-state index in [0.29, 0.717) is 6.42 Å². The van der Waals surface area contributed by atoms with Crippen molar-refractivity contribution in [2.45, 2.75) is 25.4 Å². The molecule has 1 atom stereocenters. The maximum absolute atomic E-state index is 13.0. The monoisotopic (exact) mass is 217 g/mol. The van der Waals surface area contributed by atoms with Gasteiger partial charge in [-0.15, -0.1) is 0 Å². The second-order valence-corrected chi connectivity index (χ2v) is 3.99. The van der Waals surface area contributed by atoms with E-state index < -0.39 is 6.10 Å². The summed E-state index contributed by atoms with van der Waals surface area (Å²) in [6.07, 6.45) is 2.95. The van der Waals surface area contributed by atoms with Gasteiger partial charge in [0, 0.05) is 6.42 Å². The number of hydrogen-bond donors (Lipinski definition) is 1. The zero-order valence-corrected chi connectivity index (χ0v) is 8.78. The first-order valence-corrected chi connectivity index (χ1v) is 5.24. The molecule has 0 saturated carbocycles. The highest BCUT2D eigenvalue weighted by Crippen LogP contribution is 2.26. The van der Waals surface area contributed by atoms with E-state index in [4.69, 9.17) is 5.26 Å². The summed E-state index contributed by atoms with van der Waals surface area (Å²) in [7, 11) is 0. The molecule has 0 bridgehead atoms. The molecule has 82 valence electrons. The number of aryl methyl sites for hydroxylation is 1. The predicted octanol–water partition coefficient (Wildman–Crippen LogP) is 2.43. The van der Waals surface area contributed by atoms with Gasteiger partial charge < -0.3 is 5.11 Å². The molecule has 0 heterocycles. The Morgan fingerprint density at radius 2 is 2.25 bits per heavy atom. The Labute approximate surface area is 93.6 Å². The Morgan fingerprint density at radius 1 is 1.44 bits per heavy atom. The Kier molecular flexibility index (Phi) is 3.02. The van der Waals surface area contributed by atoms with Crippen molar-refractivity contribution in [3.8, 4) is 6.07 Å². The molecule has 0 aliphatic heterocycles. The van der Waals surface area contributed by atoms with Gasteiger partial charge in [-0.3, -0.25) is 0 Å². The zero-order chi connectivity index (χ0) is 11.5. The minimum Gasteiger partial charge on any atom is -0.378 e. The maximum Gasteiger partial charge on any atom is 0.144 e. The number of nitrogens with zero attached hydrogens (tertiary/aromatic N) is 1. The summed E-state index contributed by atoms with van der Waals surface area (Å²) in [5.41, 5.74) is 3.04. The first-order valence-electron chi connectivity index (χ1n) is 5.24. The van der Waals surface area contributed by atoms with Gasteiger partial charge in [-0.2, -0.15) is 5.26 Å². The average Bonchev–Trinajstić information content (AvgIpc) is 2.29. The lowest BCUT2D eigenvalue weighted by molar-refractivity contribution is 0.229. The quantitative estimate of drug-likeness (QED) is 0.773. The molecular weight excluding hydrogens is 205 g/mol. The molecular formula is C13H12FNO. The fourth-order valence-electron chi connectivity index (χ4n) is 1.97. The average molecular weight is 217 g/mol. The fraction of sp³-hybridized carbons (Fsp3) is 0.308. The van der Waals surface area contributed by atoms with Gasteiger partial charge in [0.25, 0.3) is 0 Å². The summed E-state index contributed by atoms with van der Waals surface area (Å²) in [6, 6.07) is 6.51. The van der Waals surface area contributed by atoms with Gasteiger partial charge in [0.2, 0.25) is 0 Å². The molecule has 1 aliphatic rings. The van der Waals surface area contributed by atoms with E-state index in [1.807, 2.05) is 6.08 Å². The summed E-state index contributed by atoms with van der Waals surface area (Å²) in [5, 5.41) is 17.8. The molecule has 0 aromatic heterocycles. The van der Waals surface area contributed by atoms with Gasteiger partial charge >= 0.3 is 0 Å². The highest BCUT2D eigenvalue weighted by atomic mass is 19.1. The summed E-state index contributed by atoms with van der Waals surface area (Å²) in [5.74, 6) is -0.215.